The molecule has 0 radical (unpaired) electrons. The Morgan fingerprint density at radius 2 is 1.70 bits per heavy atom. The average molecular weight is 284 g/mol. The van der Waals surface area contributed by atoms with Gasteiger partial charge in [0.15, 0.2) is 0 Å². The lowest BCUT2D eigenvalue weighted by Gasteiger charge is -2.29. The molecular weight excluding hydrogens is 260 g/mol. The topological polar surface area (TPSA) is 86.7 Å². The van der Waals surface area contributed by atoms with E-state index in [0.29, 0.717) is 0 Å². The molecule has 0 bridgehead atoms. The van der Waals surface area contributed by atoms with Gasteiger partial charge in [-0.3, -0.25) is 14.4 Å². The minimum atomic E-state index is -0.914. The summed E-state index contributed by atoms with van der Waals surface area (Å²) in [6.07, 6.45) is 3.27. The van der Waals surface area contributed by atoms with Crippen molar-refractivity contribution in [3.63, 3.8) is 0 Å². The number of hydrogen-bond donors (Lipinski definition) is 2. The molecule has 0 saturated carbocycles. The van der Waals surface area contributed by atoms with Crippen LogP contribution in [0.5, 0.6) is 0 Å². The Hall–Kier alpha value is -1.59. The number of likely N-dealkylation sites (tertiary alicyclic amines) is 1. The van der Waals surface area contributed by atoms with Gasteiger partial charge in [-0.1, -0.05) is 6.92 Å². The van der Waals surface area contributed by atoms with E-state index in [0.717, 1.165) is 32.4 Å². The van der Waals surface area contributed by atoms with Crippen LogP contribution in [0.4, 0.5) is 0 Å². The summed E-state index contributed by atoms with van der Waals surface area (Å²) in [5, 5.41) is 11.3. The lowest BCUT2D eigenvalue weighted by molar-refractivity contribution is -0.139. The number of aliphatic carboxylic acids is 1. The molecule has 6 heteroatoms. The maximum atomic E-state index is 12.1. The zero-order valence-electron chi connectivity index (χ0n) is 12.2. The van der Waals surface area contributed by atoms with Crippen LogP contribution in [-0.2, 0) is 14.4 Å². The Balaban J connectivity index is 2.36. The number of nitrogens with one attached hydrogen (secondary N) is 1. The molecule has 0 aromatic rings. The minimum absolute atomic E-state index is 0.0398. The molecule has 1 fully saturated rings. The first-order valence-electron chi connectivity index (χ1n) is 7.20. The summed E-state index contributed by atoms with van der Waals surface area (Å²) in [4.78, 5) is 36.2. The van der Waals surface area contributed by atoms with E-state index >= 15 is 0 Å². The molecule has 1 aliphatic rings. The minimum Gasteiger partial charge on any atom is -0.481 e. The zero-order chi connectivity index (χ0) is 15.1. The molecule has 2 N–H and O–H groups in total. The zero-order valence-corrected chi connectivity index (χ0v) is 12.2. The van der Waals surface area contributed by atoms with Gasteiger partial charge in [0.25, 0.3) is 0 Å². The largest absolute Gasteiger partial charge is 0.481 e. The Morgan fingerprint density at radius 3 is 2.25 bits per heavy atom. The van der Waals surface area contributed by atoms with Gasteiger partial charge in [-0.25, -0.2) is 0 Å². The summed E-state index contributed by atoms with van der Waals surface area (Å²) in [5.74, 6) is -1.46. The van der Waals surface area contributed by atoms with Crippen LogP contribution >= 0.6 is 0 Å². The van der Waals surface area contributed by atoms with Crippen LogP contribution in [0.15, 0.2) is 0 Å². The Labute approximate surface area is 119 Å². The van der Waals surface area contributed by atoms with Gasteiger partial charge in [-0.2, -0.15) is 0 Å². The first-order valence-corrected chi connectivity index (χ1v) is 7.20. The van der Waals surface area contributed by atoms with Gasteiger partial charge >= 0.3 is 5.97 Å². The van der Waals surface area contributed by atoms with E-state index in [9.17, 15) is 14.4 Å². The van der Waals surface area contributed by atoms with Gasteiger partial charge in [0.2, 0.25) is 11.8 Å². The summed E-state index contributed by atoms with van der Waals surface area (Å²) in [6.45, 7) is 4.91. The molecule has 2 unspecified atom stereocenters. The van der Waals surface area contributed by atoms with E-state index in [2.05, 4.69) is 5.32 Å². The fourth-order valence-corrected chi connectivity index (χ4v) is 2.44. The van der Waals surface area contributed by atoms with Crippen molar-refractivity contribution < 1.29 is 19.5 Å². The summed E-state index contributed by atoms with van der Waals surface area (Å²) in [5.41, 5.74) is 0. The second-order valence-corrected chi connectivity index (χ2v) is 5.58. The molecule has 0 aromatic heterocycles. The SMILES string of the molecule is CC(CC(=O)O)CC(=O)NC(C)C(=O)N1CCCCC1. The Bertz CT molecular complexity index is 364. The monoisotopic (exact) mass is 284 g/mol. The summed E-state index contributed by atoms with van der Waals surface area (Å²) >= 11 is 0. The number of piperidine rings is 1. The smallest absolute Gasteiger partial charge is 0.303 e. The van der Waals surface area contributed by atoms with Gasteiger partial charge in [0, 0.05) is 25.9 Å². The Morgan fingerprint density at radius 1 is 1.10 bits per heavy atom. The van der Waals surface area contributed by atoms with Crippen LogP contribution in [0.1, 0.15) is 46.0 Å². The van der Waals surface area contributed by atoms with E-state index in [4.69, 9.17) is 5.11 Å². The maximum absolute atomic E-state index is 12.1. The molecule has 2 amide bonds. The van der Waals surface area contributed by atoms with Crippen molar-refractivity contribution in [2.75, 3.05) is 13.1 Å². The highest BCUT2D eigenvalue weighted by Crippen LogP contribution is 2.11. The summed E-state index contributed by atoms with van der Waals surface area (Å²) in [7, 11) is 0. The van der Waals surface area contributed by atoms with Gasteiger partial charge in [-0.05, 0) is 32.1 Å². The fraction of sp³-hybridized carbons (Fsp3) is 0.786. The van der Waals surface area contributed by atoms with E-state index in [-0.39, 0.29) is 30.6 Å². The van der Waals surface area contributed by atoms with Crippen LogP contribution in [0.25, 0.3) is 0 Å². The van der Waals surface area contributed by atoms with Crippen LogP contribution in [0.2, 0.25) is 0 Å². The first kappa shape index (κ1) is 16.5. The predicted octanol–water partition coefficient (Wildman–Crippen LogP) is 1.00. The fourth-order valence-electron chi connectivity index (χ4n) is 2.44. The molecule has 1 aliphatic heterocycles. The molecule has 20 heavy (non-hydrogen) atoms. The number of amides is 2. The van der Waals surface area contributed by atoms with Crippen molar-refractivity contribution in [3.05, 3.63) is 0 Å². The van der Waals surface area contributed by atoms with E-state index in [1.54, 1.807) is 18.7 Å². The molecule has 1 saturated heterocycles. The quantitative estimate of drug-likeness (QED) is 0.762. The second-order valence-electron chi connectivity index (χ2n) is 5.58. The number of carbonyl (C=O) groups excluding carboxylic acids is 2. The van der Waals surface area contributed by atoms with Gasteiger partial charge in [0.1, 0.15) is 6.04 Å². The molecule has 1 rings (SSSR count). The predicted molar refractivity (Wildman–Crippen MR) is 74.1 cm³/mol. The van der Waals surface area contributed by atoms with Crippen molar-refractivity contribution >= 4 is 17.8 Å². The number of nitrogens with zero attached hydrogens (tertiary/aromatic N) is 1. The normalized spacial score (nSPS) is 18.2. The highest BCUT2D eigenvalue weighted by Gasteiger charge is 2.24. The van der Waals surface area contributed by atoms with Crippen molar-refractivity contribution in [2.24, 2.45) is 5.92 Å². The van der Waals surface area contributed by atoms with Crippen LogP contribution in [0.3, 0.4) is 0 Å². The lowest BCUT2D eigenvalue weighted by Crippen LogP contribution is -2.48. The summed E-state index contributed by atoms with van der Waals surface area (Å²) in [6, 6.07) is -0.544. The van der Waals surface area contributed by atoms with Crippen molar-refractivity contribution in [1.29, 1.82) is 0 Å². The highest BCUT2D eigenvalue weighted by atomic mass is 16.4. The molecule has 0 aromatic carbocycles. The highest BCUT2D eigenvalue weighted by molar-refractivity contribution is 5.87. The number of carbonyl (C=O) groups is 3. The third-order valence-corrected chi connectivity index (χ3v) is 3.47. The first-order chi connectivity index (χ1) is 9.40. The third kappa shape index (κ3) is 5.59. The summed E-state index contributed by atoms with van der Waals surface area (Å²) < 4.78 is 0. The third-order valence-electron chi connectivity index (χ3n) is 3.47. The van der Waals surface area contributed by atoms with E-state index in [1.807, 2.05) is 0 Å². The van der Waals surface area contributed by atoms with Crippen LogP contribution in [0, 0.1) is 5.92 Å². The van der Waals surface area contributed by atoms with E-state index in [1.165, 1.54) is 0 Å². The molecule has 1 heterocycles. The number of hydrogen-bond acceptors (Lipinski definition) is 3. The molecular formula is C14H24N2O4. The van der Waals surface area contributed by atoms with Gasteiger partial charge < -0.3 is 15.3 Å². The maximum Gasteiger partial charge on any atom is 0.303 e. The lowest BCUT2D eigenvalue weighted by atomic mass is 10.0. The van der Waals surface area contributed by atoms with E-state index < -0.39 is 12.0 Å². The molecule has 0 spiro atoms. The van der Waals surface area contributed by atoms with Crippen molar-refractivity contribution in [1.82, 2.24) is 10.2 Å². The van der Waals surface area contributed by atoms with Crippen molar-refractivity contribution in [3.8, 4) is 0 Å². The van der Waals surface area contributed by atoms with Gasteiger partial charge in [-0.15, -0.1) is 0 Å². The number of carboxylic acids is 1. The second kappa shape index (κ2) is 7.87. The van der Waals surface area contributed by atoms with Crippen molar-refractivity contribution in [2.45, 2.75) is 52.0 Å². The molecule has 6 nitrogen and oxygen atoms in total. The number of rotatable bonds is 6. The standard InChI is InChI=1S/C14H24N2O4/c1-10(9-13(18)19)8-12(17)15-11(2)14(20)16-6-4-3-5-7-16/h10-11H,3-9H2,1-2H3,(H,15,17)(H,18,19). The molecule has 114 valence electrons. The average Bonchev–Trinajstić information content (AvgIpc) is 2.37. The van der Waals surface area contributed by atoms with Gasteiger partial charge in [0.05, 0.1) is 0 Å². The Kier molecular flexibility index (Phi) is 6.48. The molecule has 2 atom stereocenters. The molecule has 0 aliphatic carbocycles. The van der Waals surface area contributed by atoms with Crippen LogP contribution in [-0.4, -0.2) is 46.9 Å². The number of carboxylic acid groups (broad SMARTS) is 1. The van der Waals surface area contributed by atoms with Crippen LogP contribution < -0.4 is 5.32 Å².